The standard InChI is InChI=1S/C14H9Cl2N3OS/c15-9-6-5-8(7-10(9)16)17-13(20)19-14-18-11-3-1-2-4-12(11)21-14/h1-7H,(H2,17,18,19,20). The number of aromatic nitrogens is 1. The molecule has 0 saturated heterocycles. The van der Waals surface area contributed by atoms with E-state index >= 15 is 0 Å². The molecule has 0 bridgehead atoms. The third kappa shape index (κ3) is 3.26. The summed E-state index contributed by atoms with van der Waals surface area (Å²) in [5.41, 5.74) is 1.41. The maximum absolute atomic E-state index is 11.9. The van der Waals surface area contributed by atoms with E-state index in [1.54, 1.807) is 18.2 Å². The molecule has 0 unspecified atom stereocenters. The van der Waals surface area contributed by atoms with Crippen LogP contribution in [-0.4, -0.2) is 11.0 Å². The summed E-state index contributed by atoms with van der Waals surface area (Å²) in [5, 5.41) is 6.73. The van der Waals surface area contributed by atoms with Crippen LogP contribution >= 0.6 is 34.5 Å². The second kappa shape index (κ2) is 5.89. The van der Waals surface area contributed by atoms with Gasteiger partial charge in [0.2, 0.25) is 0 Å². The fraction of sp³-hybridized carbons (Fsp3) is 0. The molecule has 3 aromatic rings. The van der Waals surface area contributed by atoms with Crippen molar-refractivity contribution in [3.05, 3.63) is 52.5 Å². The number of para-hydroxylation sites is 1. The minimum absolute atomic E-state index is 0.382. The number of rotatable bonds is 2. The highest BCUT2D eigenvalue weighted by Crippen LogP contribution is 2.27. The van der Waals surface area contributed by atoms with Crippen molar-refractivity contribution < 1.29 is 4.79 Å². The number of anilines is 2. The van der Waals surface area contributed by atoms with E-state index in [9.17, 15) is 4.79 Å². The van der Waals surface area contributed by atoms with Crippen molar-refractivity contribution in [2.75, 3.05) is 10.6 Å². The molecule has 2 N–H and O–H groups in total. The van der Waals surface area contributed by atoms with E-state index in [0.717, 1.165) is 10.2 Å². The number of carbonyl (C=O) groups is 1. The number of benzene rings is 2. The van der Waals surface area contributed by atoms with Gasteiger partial charge in [-0.05, 0) is 30.3 Å². The number of amides is 2. The van der Waals surface area contributed by atoms with Gasteiger partial charge in [-0.3, -0.25) is 5.32 Å². The largest absolute Gasteiger partial charge is 0.325 e. The first-order valence-corrected chi connectivity index (χ1v) is 7.58. The number of hydrogen-bond donors (Lipinski definition) is 2. The third-order valence-electron chi connectivity index (χ3n) is 2.69. The van der Waals surface area contributed by atoms with Gasteiger partial charge in [-0.2, -0.15) is 0 Å². The third-order valence-corrected chi connectivity index (χ3v) is 4.38. The van der Waals surface area contributed by atoms with Gasteiger partial charge in [0.1, 0.15) is 0 Å². The number of halogens is 2. The number of hydrogen-bond acceptors (Lipinski definition) is 3. The summed E-state index contributed by atoms with van der Waals surface area (Å²) in [6.07, 6.45) is 0. The molecule has 0 radical (unpaired) electrons. The van der Waals surface area contributed by atoms with E-state index in [2.05, 4.69) is 15.6 Å². The van der Waals surface area contributed by atoms with Crippen molar-refractivity contribution in [2.45, 2.75) is 0 Å². The maximum Gasteiger partial charge on any atom is 0.325 e. The molecule has 3 rings (SSSR count). The van der Waals surface area contributed by atoms with E-state index in [1.165, 1.54) is 11.3 Å². The summed E-state index contributed by atoms with van der Waals surface area (Å²) in [5.74, 6) is 0. The first kappa shape index (κ1) is 14.1. The lowest BCUT2D eigenvalue weighted by Crippen LogP contribution is -2.19. The van der Waals surface area contributed by atoms with Gasteiger partial charge < -0.3 is 5.32 Å². The smallest absolute Gasteiger partial charge is 0.308 e. The highest BCUT2D eigenvalue weighted by atomic mass is 35.5. The van der Waals surface area contributed by atoms with E-state index in [0.29, 0.717) is 20.9 Å². The van der Waals surface area contributed by atoms with Crippen LogP contribution in [0, 0.1) is 0 Å². The highest BCUT2D eigenvalue weighted by molar-refractivity contribution is 7.22. The number of nitrogens with zero attached hydrogens (tertiary/aromatic N) is 1. The maximum atomic E-state index is 11.9. The van der Waals surface area contributed by atoms with Gasteiger partial charge in [-0.15, -0.1) is 0 Å². The van der Waals surface area contributed by atoms with Gasteiger partial charge in [0.25, 0.3) is 0 Å². The summed E-state index contributed by atoms with van der Waals surface area (Å²) in [6, 6.07) is 12.2. The molecule has 0 aliphatic rings. The molecule has 1 heterocycles. The Kier molecular flexibility index (Phi) is 3.96. The Morgan fingerprint density at radius 2 is 1.86 bits per heavy atom. The molecule has 0 aliphatic heterocycles. The van der Waals surface area contributed by atoms with Gasteiger partial charge in [0, 0.05) is 5.69 Å². The predicted octanol–water partition coefficient (Wildman–Crippen LogP) is 5.25. The first-order valence-electron chi connectivity index (χ1n) is 6.00. The van der Waals surface area contributed by atoms with Crippen molar-refractivity contribution in [2.24, 2.45) is 0 Å². The summed E-state index contributed by atoms with van der Waals surface area (Å²) >= 11 is 13.1. The SMILES string of the molecule is O=C(Nc1ccc(Cl)c(Cl)c1)Nc1nc2ccccc2s1. The molecule has 0 aliphatic carbocycles. The second-order valence-corrected chi connectivity index (χ2v) is 6.04. The molecular weight excluding hydrogens is 329 g/mol. The molecule has 0 spiro atoms. The Balaban J connectivity index is 1.72. The van der Waals surface area contributed by atoms with E-state index < -0.39 is 0 Å². The number of thiazole rings is 1. The van der Waals surface area contributed by atoms with Crippen molar-refractivity contribution in [1.29, 1.82) is 0 Å². The Bertz CT molecular complexity index is 786. The lowest BCUT2D eigenvalue weighted by Gasteiger charge is -2.06. The van der Waals surface area contributed by atoms with Crippen LogP contribution in [0.5, 0.6) is 0 Å². The van der Waals surface area contributed by atoms with Gasteiger partial charge in [-0.1, -0.05) is 46.7 Å². The Hall–Kier alpha value is -1.82. The van der Waals surface area contributed by atoms with E-state index in [-0.39, 0.29) is 6.03 Å². The minimum atomic E-state index is -0.382. The molecule has 2 amide bonds. The van der Waals surface area contributed by atoms with Crippen LogP contribution in [0.25, 0.3) is 10.2 Å². The zero-order valence-corrected chi connectivity index (χ0v) is 12.9. The molecule has 4 nitrogen and oxygen atoms in total. The number of nitrogens with one attached hydrogen (secondary N) is 2. The molecule has 21 heavy (non-hydrogen) atoms. The van der Waals surface area contributed by atoms with Crippen molar-refractivity contribution in [3.63, 3.8) is 0 Å². The topological polar surface area (TPSA) is 54.0 Å². The van der Waals surface area contributed by atoms with Crippen LogP contribution in [0.15, 0.2) is 42.5 Å². The Morgan fingerprint density at radius 3 is 2.62 bits per heavy atom. The first-order chi connectivity index (χ1) is 10.1. The molecule has 106 valence electrons. The van der Waals surface area contributed by atoms with Gasteiger partial charge in [0.05, 0.1) is 20.3 Å². The minimum Gasteiger partial charge on any atom is -0.308 e. The zero-order valence-electron chi connectivity index (χ0n) is 10.6. The molecule has 7 heteroatoms. The number of carbonyl (C=O) groups excluding carboxylic acids is 1. The van der Waals surface area contributed by atoms with Crippen LogP contribution in [0.3, 0.4) is 0 Å². The molecule has 2 aromatic carbocycles. The lowest BCUT2D eigenvalue weighted by molar-refractivity contribution is 0.262. The average Bonchev–Trinajstić information content (AvgIpc) is 2.84. The monoisotopic (exact) mass is 337 g/mol. The van der Waals surface area contributed by atoms with Crippen LogP contribution in [0.2, 0.25) is 10.0 Å². The summed E-state index contributed by atoms with van der Waals surface area (Å²) < 4.78 is 1.02. The van der Waals surface area contributed by atoms with Crippen LogP contribution in [-0.2, 0) is 0 Å². The van der Waals surface area contributed by atoms with Crippen LogP contribution < -0.4 is 10.6 Å². The Labute approximate surface area is 134 Å². The van der Waals surface area contributed by atoms with Crippen molar-refractivity contribution >= 4 is 61.6 Å². The highest BCUT2D eigenvalue weighted by Gasteiger charge is 2.08. The van der Waals surface area contributed by atoms with E-state index in [4.69, 9.17) is 23.2 Å². The van der Waals surface area contributed by atoms with Gasteiger partial charge >= 0.3 is 6.03 Å². The summed E-state index contributed by atoms with van der Waals surface area (Å²) in [4.78, 5) is 16.2. The molecule has 0 atom stereocenters. The number of urea groups is 1. The zero-order chi connectivity index (χ0) is 14.8. The Morgan fingerprint density at radius 1 is 1.05 bits per heavy atom. The molecule has 0 fully saturated rings. The second-order valence-electron chi connectivity index (χ2n) is 4.19. The summed E-state index contributed by atoms with van der Waals surface area (Å²) in [7, 11) is 0. The fourth-order valence-electron chi connectivity index (χ4n) is 1.76. The van der Waals surface area contributed by atoms with Crippen molar-refractivity contribution in [1.82, 2.24) is 4.98 Å². The van der Waals surface area contributed by atoms with Crippen LogP contribution in [0.4, 0.5) is 15.6 Å². The lowest BCUT2D eigenvalue weighted by atomic mass is 10.3. The van der Waals surface area contributed by atoms with Crippen LogP contribution in [0.1, 0.15) is 0 Å². The molecule has 1 aromatic heterocycles. The number of fused-ring (bicyclic) bond motifs is 1. The normalized spacial score (nSPS) is 10.6. The van der Waals surface area contributed by atoms with E-state index in [1.807, 2.05) is 24.3 Å². The quantitative estimate of drug-likeness (QED) is 0.671. The fourth-order valence-corrected chi connectivity index (χ4v) is 2.92. The van der Waals surface area contributed by atoms with Gasteiger partial charge in [-0.25, -0.2) is 9.78 Å². The average molecular weight is 338 g/mol. The molecular formula is C14H9Cl2N3OS. The van der Waals surface area contributed by atoms with Crippen molar-refractivity contribution in [3.8, 4) is 0 Å². The predicted molar refractivity (Wildman–Crippen MR) is 88.7 cm³/mol. The molecule has 0 saturated carbocycles. The van der Waals surface area contributed by atoms with Gasteiger partial charge in [0.15, 0.2) is 5.13 Å². The summed E-state index contributed by atoms with van der Waals surface area (Å²) in [6.45, 7) is 0.